The van der Waals surface area contributed by atoms with E-state index in [-0.39, 0.29) is 17.9 Å². The van der Waals surface area contributed by atoms with E-state index in [4.69, 9.17) is 39.5 Å². The Kier molecular flexibility index (Phi) is 8.12. The van der Waals surface area contributed by atoms with Gasteiger partial charge < -0.3 is 4.74 Å². The number of ether oxygens (including phenoxy) is 1. The number of imide groups is 2. The predicted octanol–water partition coefficient (Wildman–Crippen LogP) is 7.73. The first-order valence-electron chi connectivity index (χ1n) is 10.3. The second-order valence-corrected chi connectivity index (χ2v) is 10.7. The Morgan fingerprint density at radius 1 is 1.00 bits per heavy atom. The Hall–Kier alpha value is -2.36. The fourth-order valence-corrected chi connectivity index (χ4v) is 5.50. The van der Waals surface area contributed by atoms with Gasteiger partial charge in [-0.2, -0.15) is 0 Å². The van der Waals surface area contributed by atoms with Crippen LogP contribution >= 0.6 is 66.7 Å². The molecule has 1 saturated heterocycles. The van der Waals surface area contributed by atoms with Crippen LogP contribution in [0.5, 0.6) is 5.75 Å². The van der Waals surface area contributed by atoms with Crippen LogP contribution in [0.4, 0.5) is 10.5 Å². The minimum Gasteiger partial charge on any atom is -0.487 e. The van der Waals surface area contributed by atoms with E-state index in [1.54, 1.807) is 55.5 Å². The number of amides is 4. The van der Waals surface area contributed by atoms with E-state index in [9.17, 15) is 14.4 Å². The molecule has 0 saturated carbocycles. The lowest BCUT2D eigenvalue weighted by Gasteiger charge is -2.28. The number of anilines is 1. The lowest BCUT2D eigenvalue weighted by Crippen LogP contribution is -2.54. The minimum atomic E-state index is -0.864. The third kappa shape index (κ3) is 5.48. The normalized spacial score (nSPS) is 14.9. The van der Waals surface area contributed by atoms with Gasteiger partial charge in [0.25, 0.3) is 11.8 Å². The first-order chi connectivity index (χ1) is 17.1. The van der Waals surface area contributed by atoms with Gasteiger partial charge in [-0.15, -0.1) is 0 Å². The molecule has 184 valence electrons. The van der Waals surface area contributed by atoms with E-state index in [0.29, 0.717) is 46.5 Å². The fraction of sp³-hybridized carbons (Fsp3) is 0.0800. The van der Waals surface area contributed by atoms with Gasteiger partial charge in [-0.25, -0.2) is 9.69 Å². The molecule has 0 spiro atoms. The molecule has 0 radical (unpaired) electrons. The smallest absolute Gasteiger partial charge is 0.335 e. The predicted molar refractivity (Wildman–Crippen MR) is 148 cm³/mol. The highest BCUT2D eigenvalue weighted by molar-refractivity contribution is 9.11. The van der Waals surface area contributed by atoms with Crippen LogP contribution in [-0.2, 0) is 16.2 Å². The molecule has 0 unspecified atom stereocenters. The quantitative estimate of drug-likeness (QED) is 0.222. The number of nitrogens with zero attached hydrogens (tertiary/aromatic N) is 1. The molecule has 0 aromatic heterocycles. The standard InChI is InChI=1S/C25H15Br2Cl3N2O4/c1-12-19(29)3-2-4-21(12)32-24(34)17(23(33)31-25(32)35)8-14-7-15(26)9-18(27)22(14)36-11-13-5-6-16(28)10-20(13)30/h2-10H,11H2,1H3,(H,31,33,35)/b17-8+. The van der Waals surface area contributed by atoms with Crippen LogP contribution in [0.1, 0.15) is 16.7 Å². The van der Waals surface area contributed by atoms with Crippen LogP contribution in [0.3, 0.4) is 0 Å². The highest BCUT2D eigenvalue weighted by Crippen LogP contribution is 2.36. The molecule has 1 N–H and O–H groups in total. The zero-order valence-electron chi connectivity index (χ0n) is 18.4. The van der Waals surface area contributed by atoms with Gasteiger partial charge >= 0.3 is 6.03 Å². The van der Waals surface area contributed by atoms with Gasteiger partial charge in [0.05, 0.1) is 10.2 Å². The van der Waals surface area contributed by atoms with Crippen molar-refractivity contribution in [2.45, 2.75) is 13.5 Å². The summed E-state index contributed by atoms with van der Waals surface area (Å²) in [5, 5.41) is 3.52. The summed E-state index contributed by atoms with van der Waals surface area (Å²) in [6, 6.07) is 12.5. The van der Waals surface area contributed by atoms with Crippen LogP contribution in [0.15, 0.2) is 63.0 Å². The second-order valence-electron chi connectivity index (χ2n) is 7.67. The van der Waals surface area contributed by atoms with Crippen molar-refractivity contribution in [3.05, 3.63) is 94.8 Å². The summed E-state index contributed by atoms with van der Waals surface area (Å²) in [5.74, 6) is -1.26. The molecule has 0 atom stereocenters. The maximum absolute atomic E-state index is 13.4. The number of benzene rings is 3. The van der Waals surface area contributed by atoms with Crippen molar-refractivity contribution < 1.29 is 19.1 Å². The van der Waals surface area contributed by atoms with E-state index in [1.165, 1.54) is 6.08 Å². The second kappa shape index (κ2) is 10.9. The SMILES string of the molecule is Cc1c(Cl)cccc1N1C(=O)NC(=O)/C(=C\c2cc(Br)cc(Br)c2OCc2ccc(Cl)cc2Cl)C1=O. The van der Waals surface area contributed by atoms with Crippen LogP contribution in [-0.4, -0.2) is 17.8 Å². The Balaban J connectivity index is 1.74. The summed E-state index contributed by atoms with van der Waals surface area (Å²) >= 11 is 25.3. The molecular formula is C25H15Br2Cl3N2O4. The number of barbiturate groups is 1. The van der Waals surface area contributed by atoms with Crippen molar-refractivity contribution in [1.82, 2.24) is 5.32 Å². The number of halogens is 5. The molecular weight excluding hydrogens is 658 g/mol. The van der Waals surface area contributed by atoms with Gasteiger partial charge in [0.2, 0.25) is 0 Å². The molecule has 1 fully saturated rings. The lowest BCUT2D eigenvalue weighted by atomic mass is 10.0. The first-order valence-corrected chi connectivity index (χ1v) is 13.0. The fourth-order valence-electron chi connectivity index (χ4n) is 3.50. The summed E-state index contributed by atoms with van der Waals surface area (Å²) in [6.07, 6.45) is 1.37. The van der Waals surface area contributed by atoms with E-state index in [0.717, 1.165) is 4.90 Å². The Morgan fingerprint density at radius 3 is 2.47 bits per heavy atom. The van der Waals surface area contributed by atoms with Crippen LogP contribution in [0.25, 0.3) is 6.08 Å². The van der Waals surface area contributed by atoms with Crippen molar-refractivity contribution in [3.63, 3.8) is 0 Å². The number of hydrogen-bond donors (Lipinski definition) is 1. The van der Waals surface area contributed by atoms with Crippen molar-refractivity contribution in [3.8, 4) is 5.75 Å². The lowest BCUT2D eigenvalue weighted by molar-refractivity contribution is -0.122. The number of nitrogens with one attached hydrogen (secondary N) is 1. The molecule has 4 rings (SSSR count). The van der Waals surface area contributed by atoms with Gasteiger partial charge in [0.1, 0.15) is 17.9 Å². The van der Waals surface area contributed by atoms with Crippen LogP contribution < -0.4 is 15.0 Å². The highest BCUT2D eigenvalue weighted by Gasteiger charge is 2.38. The summed E-state index contributed by atoms with van der Waals surface area (Å²) in [7, 11) is 0. The maximum Gasteiger partial charge on any atom is 0.335 e. The monoisotopic (exact) mass is 670 g/mol. The van der Waals surface area contributed by atoms with Crippen LogP contribution in [0.2, 0.25) is 15.1 Å². The van der Waals surface area contributed by atoms with Gasteiger partial charge in [-0.3, -0.25) is 14.9 Å². The Morgan fingerprint density at radius 2 is 1.75 bits per heavy atom. The van der Waals surface area contributed by atoms with E-state index in [1.807, 2.05) is 0 Å². The number of hydrogen-bond acceptors (Lipinski definition) is 4. The van der Waals surface area contributed by atoms with Crippen LogP contribution in [0, 0.1) is 6.92 Å². The minimum absolute atomic E-state index is 0.0961. The molecule has 1 heterocycles. The average molecular weight is 674 g/mol. The Labute approximate surface area is 238 Å². The highest BCUT2D eigenvalue weighted by atomic mass is 79.9. The third-order valence-corrected chi connectivity index (χ3v) is 7.35. The van der Waals surface area contributed by atoms with Gasteiger partial charge in [0.15, 0.2) is 0 Å². The molecule has 0 aliphatic carbocycles. The number of carbonyl (C=O) groups is 3. The summed E-state index contributed by atoms with van der Waals surface area (Å²) in [4.78, 5) is 39.6. The first kappa shape index (κ1) is 26.7. The Bertz CT molecular complexity index is 1460. The number of rotatable bonds is 5. The molecule has 6 nitrogen and oxygen atoms in total. The molecule has 1 aliphatic heterocycles. The van der Waals surface area contributed by atoms with Gasteiger partial charge in [-0.1, -0.05) is 62.9 Å². The summed E-state index contributed by atoms with van der Waals surface area (Å²) in [6.45, 7) is 1.77. The number of carbonyl (C=O) groups excluding carboxylic acids is 3. The van der Waals surface area contributed by atoms with Crippen molar-refractivity contribution >= 4 is 96.3 Å². The van der Waals surface area contributed by atoms with Crippen molar-refractivity contribution in [2.75, 3.05) is 4.90 Å². The maximum atomic E-state index is 13.4. The topological polar surface area (TPSA) is 75.7 Å². The third-order valence-electron chi connectivity index (χ3n) is 5.31. The van der Waals surface area contributed by atoms with E-state index >= 15 is 0 Å². The summed E-state index contributed by atoms with van der Waals surface area (Å²) < 4.78 is 7.26. The zero-order valence-corrected chi connectivity index (χ0v) is 23.8. The largest absolute Gasteiger partial charge is 0.487 e. The van der Waals surface area contributed by atoms with E-state index < -0.39 is 17.8 Å². The molecule has 3 aromatic carbocycles. The average Bonchev–Trinajstić information content (AvgIpc) is 2.79. The molecule has 36 heavy (non-hydrogen) atoms. The molecule has 1 aliphatic rings. The molecule has 11 heteroatoms. The molecule has 0 bridgehead atoms. The summed E-state index contributed by atoms with van der Waals surface area (Å²) in [5.41, 5.74) is 1.64. The van der Waals surface area contributed by atoms with Gasteiger partial charge in [0, 0.05) is 30.7 Å². The molecule has 4 amide bonds. The number of urea groups is 1. The molecule has 3 aromatic rings. The van der Waals surface area contributed by atoms with Crippen molar-refractivity contribution in [1.29, 1.82) is 0 Å². The van der Waals surface area contributed by atoms with Gasteiger partial charge in [-0.05, 0) is 70.9 Å². The zero-order chi connectivity index (χ0) is 26.1. The van der Waals surface area contributed by atoms with Crippen molar-refractivity contribution in [2.24, 2.45) is 0 Å². The van der Waals surface area contributed by atoms with E-state index in [2.05, 4.69) is 37.2 Å².